The smallest absolute Gasteiger partial charge is 0.206 e. The second-order valence-corrected chi connectivity index (χ2v) is 8.57. The van der Waals surface area contributed by atoms with Crippen LogP contribution < -0.4 is 0 Å². The molecule has 0 aromatic carbocycles. The van der Waals surface area contributed by atoms with Gasteiger partial charge in [-0.2, -0.15) is 9.57 Å². The number of piperidine rings is 1. The Labute approximate surface area is 118 Å². The lowest BCUT2D eigenvalue weighted by atomic mass is 9.88. The monoisotopic (exact) mass is 298 g/mol. The minimum Gasteiger partial charge on any atom is -0.206 e. The summed E-state index contributed by atoms with van der Waals surface area (Å²) in [7, 11) is -3.47. The SMILES string of the molecule is CC1CC(C)C(C)N(S(=O)(=O)c2ccc(C#N)s2)C1. The largest absolute Gasteiger partial charge is 0.252 e. The Morgan fingerprint density at radius 2 is 2.05 bits per heavy atom. The van der Waals surface area contributed by atoms with Crippen molar-refractivity contribution in [2.45, 2.75) is 37.4 Å². The van der Waals surface area contributed by atoms with Crippen LogP contribution in [0.2, 0.25) is 0 Å². The van der Waals surface area contributed by atoms with Crippen LogP contribution in [0.5, 0.6) is 0 Å². The van der Waals surface area contributed by atoms with E-state index in [4.69, 9.17) is 5.26 Å². The fraction of sp³-hybridized carbons (Fsp3) is 0.615. The molecule has 0 bridgehead atoms. The number of thiophene rings is 1. The molecule has 3 unspecified atom stereocenters. The highest BCUT2D eigenvalue weighted by Crippen LogP contribution is 2.33. The predicted molar refractivity (Wildman–Crippen MR) is 75.3 cm³/mol. The molecule has 2 rings (SSSR count). The van der Waals surface area contributed by atoms with Gasteiger partial charge < -0.3 is 0 Å². The van der Waals surface area contributed by atoms with Crippen molar-refractivity contribution in [2.24, 2.45) is 11.8 Å². The van der Waals surface area contributed by atoms with E-state index in [0.29, 0.717) is 23.3 Å². The summed E-state index contributed by atoms with van der Waals surface area (Å²) in [5.74, 6) is 0.727. The first-order chi connectivity index (χ1) is 8.86. The molecule has 0 spiro atoms. The first kappa shape index (κ1) is 14.5. The zero-order chi connectivity index (χ0) is 14.2. The number of hydrogen-bond donors (Lipinski definition) is 0. The van der Waals surface area contributed by atoms with E-state index in [2.05, 4.69) is 13.8 Å². The van der Waals surface area contributed by atoms with Crippen molar-refractivity contribution in [1.29, 1.82) is 5.26 Å². The topological polar surface area (TPSA) is 61.2 Å². The summed E-state index contributed by atoms with van der Waals surface area (Å²) in [5.41, 5.74) is 0. The Kier molecular flexibility index (Phi) is 4.00. The highest BCUT2D eigenvalue weighted by atomic mass is 32.2. The molecule has 1 aromatic heterocycles. The van der Waals surface area contributed by atoms with Crippen LogP contribution in [0.3, 0.4) is 0 Å². The van der Waals surface area contributed by atoms with E-state index in [1.165, 1.54) is 6.07 Å². The molecule has 6 heteroatoms. The Morgan fingerprint density at radius 3 is 2.63 bits per heavy atom. The van der Waals surface area contributed by atoms with Gasteiger partial charge in [0.15, 0.2) is 0 Å². The van der Waals surface area contributed by atoms with Crippen LogP contribution in [0.15, 0.2) is 16.3 Å². The third kappa shape index (κ3) is 2.69. The fourth-order valence-corrected chi connectivity index (χ4v) is 5.69. The van der Waals surface area contributed by atoms with Gasteiger partial charge in [-0.1, -0.05) is 13.8 Å². The molecule has 104 valence electrons. The van der Waals surface area contributed by atoms with Crippen LogP contribution in [0.25, 0.3) is 0 Å². The molecule has 0 radical (unpaired) electrons. The second kappa shape index (κ2) is 5.23. The molecular formula is C13H18N2O2S2. The van der Waals surface area contributed by atoms with Crippen LogP contribution in [0, 0.1) is 23.2 Å². The van der Waals surface area contributed by atoms with E-state index in [0.717, 1.165) is 17.8 Å². The van der Waals surface area contributed by atoms with Gasteiger partial charge in [-0.15, -0.1) is 11.3 Å². The van der Waals surface area contributed by atoms with E-state index in [9.17, 15) is 8.42 Å². The summed E-state index contributed by atoms with van der Waals surface area (Å²) in [6, 6.07) is 5.10. The number of nitriles is 1. The Balaban J connectivity index is 2.36. The van der Waals surface area contributed by atoms with Crippen LogP contribution in [-0.4, -0.2) is 25.3 Å². The van der Waals surface area contributed by atoms with Crippen molar-refractivity contribution >= 4 is 21.4 Å². The quantitative estimate of drug-likeness (QED) is 0.843. The Morgan fingerprint density at radius 1 is 1.37 bits per heavy atom. The zero-order valence-corrected chi connectivity index (χ0v) is 13.0. The van der Waals surface area contributed by atoms with Crippen molar-refractivity contribution in [3.8, 4) is 6.07 Å². The van der Waals surface area contributed by atoms with Crippen molar-refractivity contribution in [3.63, 3.8) is 0 Å². The van der Waals surface area contributed by atoms with Gasteiger partial charge in [0.25, 0.3) is 10.0 Å². The molecular weight excluding hydrogens is 280 g/mol. The molecule has 2 heterocycles. The lowest BCUT2D eigenvalue weighted by molar-refractivity contribution is 0.157. The zero-order valence-electron chi connectivity index (χ0n) is 11.3. The Hall–Kier alpha value is -0.900. The first-order valence-corrected chi connectivity index (χ1v) is 8.63. The van der Waals surface area contributed by atoms with E-state index in [1.807, 2.05) is 13.0 Å². The van der Waals surface area contributed by atoms with Crippen LogP contribution in [-0.2, 0) is 10.0 Å². The molecule has 1 aliphatic rings. The summed E-state index contributed by atoms with van der Waals surface area (Å²) in [5, 5.41) is 8.82. The van der Waals surface area contributed by atoms with E-state index in [1.54, 1.807) is 10.4 Å². The summed E-state index contributed by atoms with van der Waals surface area (Å²) in [6.07, 6.45) is 1.06. The average Bonchev–Trinajstić information content (AvgIpc) is 2.83. The van der Waals surface area contributed by atoms with Crippen molar-refractivity contribution < 1.29 is 8.42 Å². The van der Waals surface area contributed by atoms with Gasteiger partial charge in [-0.05, 0) is 37.3 Å². The molecule has 0 aliphatic carbocycles. The van der Waals surface area contributed by atoms with Crippen molar-refractivity contribution in [2.75, 3.05) is 6.54 Å². The van der Waals surface area contributed by atoms with Gasteiger partial charge in [0.05, 0.1) is 0 Å². The maximum atomic E-state index is 12.6. The molecule has 1 saturated heterocycles. The van der Waals surface area contributed by atoms with E-state index in [-0.39, 0.29) is 10.3 Å². The first-order valence-electron chi connectivity index (χ1n) is 6.38. The van der Waals surface area contributed by atoms with Gasteiger partial charge in [0, 0.05) is 12.6 Å². The van der Waals surface area contributed by atoms with Gasteiger partial charge in [0.2, 0.25) is 0 Å². The molecule has 19 heavy (non-hydrogen) atoms. The minimum absolute atomic E-state index is 0.00818. The number of nitrogens with zero attached hydrogens (tertiary/aromatic N) is 2. The van der Waals surface area contributed by atoms with Crippen LogP contribution >= 0.6 is 11.3 Å². The molecule has 1 fully saturated rings. The lowest BCUT2D eigenvalue weighted by Gasteiger charge is -2.39. The highest BCUT2D eigenvalue weighted by molar-refractivity contribution is 7.91. The summed E-state index contributed by atoms with van der Waals surface area (Å²) in [4.78, 5) is 0.435. The van der Waals surface area contributed by atoms with Crippen molar-refractivity contribution in [3.05, 3.63) is 17.0 Å². The average molecular weight is 298 g/mol. The molecule has 4 nitrogen and oxygen atoms in total. The molecule has 0 N–H and O–H groups in total. The summed E-state index contributed by atoms with van der Waals surface area (Å²) < 4.78 is 27.2. The van der Waals surface area contributed by atoms with Crippen LogP contribution in [0.4, 0.5) is 0 Å². The molecule has 0 saturated carbocycles. The van der Waals surface area contributed by atoms with Gasteiger partial charge >= 0.3 is 0 Å². The molecule has 0 amide bonds. The third-order valence-electron chi connectivity index (χ3n) is 3.80. The third-order valence-corrected chi connectivity index (χ3v) is 7.21. The van der Waals surface area contributed by atoms with Gasteiger partial charge in [-0.3, -0.25) is 0 Å². The van der Waals surface area contributed by atoms with E-state index < -0.39 is 10.0 Å². The van der Waals surface area contributed by atoms with Crippen molar-refractivity contribution in [1.82, 2.24) is 4.31 Å². The fourth-order valence-electron chi connectivity index (χ4n) is 2.61. The maximum Gasteiger partial charge on any atom is 0.252 e. The normalized spacial score (nSPS) is 29.1. The predicted octanol–water partition coefficient (Wildman–Crippen LogP) is 2.67. The summed E-state index contributed by atoms with van der Waals surface area (Å²) in [6.45, 7) is 6.71. The lowest BCUT2D eigenvalue weighted by Crippen LogP contribution is -2.48. The minimum atomic E-state index is -3.47. The second-order valence-electron chi connectivity index (χ2n) is 5.36. The number of hydrogen-bond acceptors (Lipinski definition) is 4. The van der Waals surface area contributed by atoms with Gasteiger partial charge in [-0.25, -0.2) is 8.42 Å². The Bertz CT molecular complexity index is 600. The number of rotatable bonds is 2. The van der Waals surface area contributed by atoms with Gasteiger partial charge in [0.1, 0.15) is 15.2 Å². The maximum absolute atomic E-state index is 12.6. The summed E-state index contributed by atoms with van der Waals surface area (Å²) >= 11 is 1.05. The highest BCUT2D eigenvalue weighted by Gasteiger charge is 2.37. The molecule has 1 aromatic rings. The molecule has 3 atom stereocenters. The van der Waals surface area contributed by atoms with E-state index >= 15 is 0 Å². The molecule has 1 aliphatic heterocycles. The number of sulfonamides is 1. The standard InChI is InChI=1S/C13H18N2O2S2/c1-9-6-10(2)11(3)15(8-9)19(16,17)13-5-4-12(7-14)18-13/h4-5,9-11H,6,8H2,1-3H3. The van der Waals surface area contributed by atoms with Crippen LogP contribution in [0.1, 0.15) is 32.1 Å².